The fourth-order valence-corrected chi connectivity index (χ4v) is 5.75. The van der Waals surface area contributed by atoms with Gasteiger partial charge in [0.25, 0.3) is 0 Å². The predicted octanol–water partition coefficient (Wildman–Crippen LogP) is 4.49. The van der Waals surface area contributed by atoms with Crippen molar-refractivity contribution < 1.29 is 8.85 Å². The van der Waals surface area contributed by atoms with E-state index in [0.29, 0.717) is 0 Å². The van der Waals surface area contributed by atoms with Gasteiger partial charge in [0.2, 0.25) is 0 Å². The van der Waals surface area contributed by atoms with Crippen molar-refractivity contribution in [3.05, 3.63) is 0 Å². The van der Waals surface area contributed by atoms with Crippen LogP contribution in [0.5, 0.6) is 0 Å². The first-order chi connectivity index (χ1) is 7.49. The van der Waals surface area contributed by atoms with Crippen molar-refractivity contribution in [1.82, 2.24) is 0 Å². The summed E-state index contributed by atoms with van der Waals surface area (Å²) in [5.74, 6) is 0. The Labute approximate surface area is 103 Å². The zero-order chi connectivity index (χ0) is 12.7. The molecule has 0 rings (SSSR count). The van der Waals surface area contributed by atoms with E-state index in [1.165, 1.54) is 0 Å². The molecule has 3 heteroatoms. The van der Waals surface area contributed by atoms with Gasteiger partial charge in [-0.3, -0.25) is 0 Å². The molecule has 0 aliphatic rings. The Balaban J connectivity index is 4.79. The summed E-state index contributed by atoms with van der Waals surface area (Å²) in [6.07, 6.45) is 3.27. The molecule has 0 unspecified atom stereocenters. The third kappa shape index (κ3) is 3.86. The normalized spacial score (nSPS) is 13.1. The van der Waals surface area contributed by atoms with Crippen molar-refractivity contribution in [2.45, 2.75) is 71.9 Å². The lowest BCUT2D eigenvalue weighted by Crippen LogP contribution is -2.51. The van der Waals surface area contributed by atoms with Gasteiger partial charge in [-0.1, -0.05) is 41.5 Å². The van der Waals surface area contributed by atoms with Crippen LogP contribution < -0.4 is 0 Å². The summed E-state index contributed by atoms with van der Waals surface area (Å²) < 4.78 is 12.4. The highest BCUT2D eigenvalue weighted by molar-refractivity contribution is 6.70. The highest BCUT2D eigenvalue weighted by Gasteiger charge is 2.49. The molecule has 0 fully saturated rings. The van der Waals surface area contributed by atoms with Crippen LogP contribution in [0.1, 0.15) is 60.8 Å². The molecule has 0 radical (unpaired) electrons. The van der Waals surface area contributed by atoms with Crippen LogP contribution in [0.15, 0.2) is 0 Å². The van der Waals surface area contributed by atoms with Crippen molar-refractivity contribution in [1.29, 1.82) is 0 Å². The number of rotatable bonds is 9. The first kappa shape index (κ1) is 16.1. The fourth-order valence-electron chi connectivity index (χ4n) is 1.92. The molecule has 0 saturated heterocycles. The minimum Gasteiger partial charge on any atom is -0.394 e. The average Bonchev–Trinajstić information content (AvgIpc) is 2.29. The van der Waals surface area contributed by atoms with E-state index in [-0.39, 0.29) is 5.04 Å². The highest BCUT2D eigenvalue weighted by Crippen LogP contribution is 2.44. The molecule has 0 aromatic rings. The molecular formula is C13H30O2Si. The van der Waals surface area contributed by atoms with Crippen LogP contribution in [0, 0.1) is 0 Å². The molecular weight excluding hydrogens is 216 g/mol. The zero-order valence-corrected chi connectivity index (χ0v) is 13.1. The molecule has 0 saturated carbocycles. The van der Waals surface area contributed by atoms with E-state index >= 15 is 0 Å². The fraction of sp³-hybridized carbons (Fsp3) is 1.00. The van der Waals surface area contributed by atoms with Crippen LogP contribution in [0.25, 0.3) is 0 Å². The van der Waals surface area contributed by atoms with Gasteiger partial charge >= 0.3 is 8.56 Å². The molecule has 0 N–H and O–H groups in total. The van der Waals surface area contributed by atoms with Gasteiger partial charge in [-0.25, -0.2) is 0 Å². The van der Waals surface area contributed by atoms with Crippen molar-refractivity contribution >= 4 is 8.56 Å². The van der Waals surface area contributed by atoms with Crippen LogP contribution in [-0.4, -0.2) is 21.8 Å². The molecule has 0 aliphatic carbocycles. The Morgan fingerprint density at radius 1 is 0.875 bits per heavy atom. The van der Waals surface area contributed by atoms with E-state index in [0.717, 1.165) is 38.5 Å². The smallest absolute Gasteiger partial charge is 0.343 e. The third-order valence-corrected chi connectivity index (χ3v) is 8.15. The third-order valence-electron chi connectivity index (χ3n) is 3.46. The first-order valence-corrected chi connectivity index (χ1v) is 8.79. The molecule has 0 heterocycles. The lowest BCUT2D eigenvalue weighted by Gasteiger charge is -2.42. The highest BCUT2D eigenvalue weighted by atomic mass is 28.4. The van der Waals surface area contributed by atoms with E-state index in [4.69, 9.17) is 8.85 Å². The summed E-state index contributed by atoms with van der Waals surface area (Å²) in [7, 11) is -2.04. The van der Waals surface area contributed by atoms with Gasteiger partial charge in [0.15, 0.2) is 0 Å². The molecule has 0 spiro atoms. The Hall–Kier alpha value is 0.137. The van der Waals surface area contributed by atoms with Crippen LogP contribution >= 0.6 is 0 Å². The maximum atomic E-state index is 6.20. The first-order valence-electron chi connectivity index (χ1n) is 6.77. The molecule has 0 atom stereocenters. The van der Waals surface area contributed by atoms with E-state index in [2.05, 4.69) is 41.5 Å². The van der Waals surface area contributed by atoms with Gasteiger partial charge in [0.1, 0.15) is 0 Å². The van der Waals surface area contributed by atoms with Crippen LogP contribution in [-0.2, 0) is 8.85 Å². The van der Waals surface area contributed by atoms with Crippen LogP contribution in [0.2, 0.25) is 11.1 Å². The van der Waals surface area contributed by atoms with Gasteiger partial charge < -0.3 is 8.85 Å². The van der Waals surface area contributed by atoms with Gasteiger partial charge in [-0.05, 0) is 25.3 Å². The lowest BCUT2D eigenvalue weighted by atomic mass is 10.1. The zero-order valence-electron chi connectivity index (χ0n) is 12.1. The van der Waals surface area contributed by atoms with Crippen molar-refractivity contribution in [3.63, 3.8) is 0 Å². The van der Waals surface area contributed by atoms with Gasteiger partial charge in [-0.2, -0.15) is 0 Å². The van der Waals surface area contributed by atoms with Crippen molar-refractivity contribution in [2.24, 2.45) is 0 Å². The minimum atomic E-state index is -2.04. The van der Waals surface area contributed by atoms with Gasteiger partial charge in [-0.15, -0.1) is 0 Å². The summed E-state index contributed by atoms with van der Waals surface area (Å²) in [6, 6.07) is 1.05. The number of hydrogen-bond donors (Lipinski definition) is 0. The number of hydrogen-bond acceptors (Lipinski definition) is 2. The SMILES string of the molecule is CCCO[Si](CC)(OCCC)C(C)(C)CC. The molecule has 0 aromatic heterocycles. The van der Waals surface area contributed by atoms with Crippen molar-refractivity contribution in [3.8, 4) is 0 Å². The van der Waals surface area contributed by atoms with Crippen LogP contribution in [0.4, 0.5) is 0 Å². The quantitative estimate of drug-likeness (QED) is 0.558. The second-order valence-corrected chi connectivity index (χ2v) is 9.18. The van der Waals surface area contributed by atoms with E-state index in [9.17, 15) is 0 Å². The second-order valence-electron chi connectivity index (χ2n) is 5.04. The Morgan fingerprint density at radius 2 is 1.31 bits per heavy atom. The minimum absolute atomic E-state index is 0.200. The van der Waals surface area contributed by atoms with E-state index in [1.54, 1.807) is 0 Å². The van der Waals surface area contributed by atoms with Gasteiger partial charge in [0.05, 0.1) is 0 Å². The van der Waals surface area contributed by atoms with E-state index in [1.807, 2.05) is 0 Å². The molecule has 0 aliphatic heterocycles. The maximum absolute atomic E-state index is 6.20. The molecule has 0 bridgehead atoms. The lowest BCUT2D eigenvalue weighted by molar-refractivity contribution is 0.143. The van der Waals surface area contributed by atoms with Crippen LogP contribution in [0.3, 0.4) is 0 Å². The van der Waals surface area contributed by atoms with Crippen molar-refractivity contribution in [2.75, 3.05) is 13.2 Å². The Bertz CT molecular complexity index is 173. The van der Waals surface area contributed by atoms with E-state index < -0.39 is 8.56 Å². The predicted molar refractivity (Wildman–Crippen MR) is 73.1 cm³/mol. The summed E-state index contributed by atoms with van der Waals surface area (Å²) in [5.41, 5.74) is 0. The molecule has 98 valence electrons. The Morgan fingerprint density at radius 3 is 1.56 bits per heavy atom. The monoisotopic (exact) mass is 246 g/mol. The topological polar surface area (TPSA) is 18.5 Å². The van der Waals surface area contributed by atoms with Gasteiger partial charge in [0, 0.05) is 18.3 Å². The summed E-state index contributed by atoms with van der Waals surface area (Å²) in [5, 5.41) is 0.200. The summed E-state index contributed by atoms with van der Waals surface area (Å²) >= 11 is 0. The second kappa shape index (κ2) is 7.46. The average molecular weight is 246 g/mol. The molecule has 0 amide bonds. The molecule has 16 heavy (non-hydrogen) atoms. The largest absolute Gasteiger partial charge is 0.394 e. The standard InChI is InChI=1S/C13H30O2Si/c1-7-11-14-16(10-4,15-12-8-2)13(5,6)9-3/h7-12H2,1-6H3. The maximum Gasteiger partial charge on any atom is 0.343 e. The molecule has 2 nitrogen and oxygen atoms in total. The molecule has 0 aromatic carbocycles. The summed E-state index contributed by atoms with van der Waals surface area (Å²) in [6.45, 7) is 15.1. The Kier molecular flexibility index (Phi) is 7.52. The summed E-state index contributed by atoms with van der Waals surface area (Å²) in [4.78, 5) is 0.